The highest BCUT2D eigenvalue weighted by atomic mass is 32.1. The number of hydrogen-bond acceptors (Lipinski definition) is 6. The molecule has 3 rings (SSSR count). The Balaban J connectivity index is 1.70. The van der Waals surface area contributed by atoms with E-state index in [4.69, 9.17) is 9.26 Å². The first kappa shape index (κ1) is 14.7. The normalized spacial score (nSPS) is 18.0. The molecule has 2 heterocycles. The van der Waals surface area contributed by atoms with Gasteiger partial charge in [0.05, 0.1) is 17.5 Å². The molecule has 0 aliphatic heterocycles. The monoisotopic (exact) mass is 307 g/mol. The fourth-order valence-corrected chi connectivity index (χ4v) is 3.70. The van der Waals surface area contributed by atoms with Gasteiger partial charge in [-0.1, -0.05) is 24.4 Å². The van der Waals surface area contributed by atoms with Gasteiger partial charge >= 0.3 is 0 Å². The van der Waals surface area contributed by atoms with Gasteiger partial charge in [-0.3, -0.25) is 4.98 Å². The average molecular weight is 307 g/mol. The van der Waals surface area contributed by atoms with E-state index in [1.54, 1.807) is 18.4 Å². The van der Waals surface area contributed by atoms with Gasteiger partial charge in [0.2, 0.25) is 5.89 Å². The Kier molecular flexibility index (Phi) is 4.65. The molecule has 0 amide bonds. The molecule has 21 heavy (non-hydrogen) atoms. The quantitative estimate of drug-likeness (QED) is 0.820. The minimum atomic E-state index is -0.0424. The summed E-state index contributed by atoms with van der Waals surface area (Å²) in [6, 6.07) is 0. The number of aromatic nitrogens is 3. The van der Waals surface area contributed by atoms with Crippen molar-refractivity contribution in [3.05, 3.63) is 28.3 Å². The number of aryl methyl sites for hydroxylation is 2. The molecule has 1 fully saturated rings. The summed E-state index contributed by atoms with van der Waals surface area (Å²) in [6.07, 6.45) is 9.49. The molecule has 1 aliphatic rings. The van der Waals surface area contributed by atoms with E-state index in [-0.39, 0.29) is 5.41 Å². The van der Waals surface area contributed by atoms with Crippen molar-refractivity contribution < 1.29 is 9.26 Å². The molecule has 0 radical (unpaired) electrons. The molecule has 2 aromatic heterocycles. The van der Waals surface area contributed by atoms with Crippen LogP contribution in [0.4, 0.5) is 0 Å². The Morgan fingerprint density at radius 3 is 2.86 bits per heavy atom. The first-order valence-electron chi connectivity index (χ1n) is 7.52. The van der Waals surface area contributed by atoms with Crippen LogP contribution in [0.3, 0.4) is 0 Å². The fraction of sp³-hybridized carbons (Fsp3) is 0.667. The number of thiazole rings is 1. The zero-order valence-corrected chi connectivity index (χ0v) is 13.2. The molecule has 1 aliphatic carbocycles. The molecule has 6 heteroatoms. The van der Waals surface area contributed by atoms with E-state index in [0.29, 0.717) is 6.61 Å². The van der Waals surface area contributed by atoms with Crippen LogP contribution in [0.25, 0.3) is 0 Å². The number of rotatable bonds is 6. The molecule has 0 N–H and O–H groups in total. The highest BCUT2D eigenvalue weighted by molar-refractivity contribution is 7.09. The summed E-state index contributed by atoms with van der Waals surface area (Å²) in [4.78, 5) is 9.98. The maximum absolute atomic E-state index is 5.46. The van der Waals surface area contributed by atoms with Gasteiger partial charge in [0, 0.05) is 24.6 Å². The predicted molar refractivity (Wildman–Crippen MR) is 80.5 cm³/mol. The lowest BCUT2D eigenvalue weighted by atomic mass is 9.74. The minimum Gasteiger partial charge on any atom is -0.384 e. The molecule has 0 bridgehead atoms. The minimum absolute atomic E-state index is 0.0424. The summed E-state index contributed by atoms with van der Waals surface area (Å²) in [5.74, 6) is 1.56. The van der Waals surface area contributed by atoms with E-state index < -0.39 is 0 Å². The van der Waals surface area contributed by atoms with E-state index in [0.717, 1.165) is 37.4 Å². The first-order valence-corrected chi connectivity index (χ1v) is 8.40. The number of nitrogens with zero attached hydrogens (tertiary/aromatic N) is 3. The van der Waals surface area contributed by atoms with Crippen LogP contribution in [-0.2, 0) is 23.0 Å². The molecule has 0 spiro atoms. The molecule has 2 aromatic rings. The predicted octanol–water partition coefficient (Wildman–Crippen LogP) is 3.16. The summed E-state index contributed by atoms with van der Waals surface area (Å²) in [7, 11) is 1.75. The number of ether oxygens (including phenoxy) is 1. The molecule has 5 nitrogen and oxygen atoms in total. The van der Waals surface area contributed by atoms with Gasteiger partial charge < -0.3 is 9.26 Å². The summed E-state index contributed by atoms with van der Waals surface area (Å²) < 4.78 is 10.9. The second-order valence-electron chi connectivity index (χ2n) is 5.75. The van der Waals surface area contributed by atoms with Crippen molar-refractivity contribution in [1.82, 2.24) is 15.1 Å². The molecular formula is C15H21N3O2S. The highest BCUT2D eigenvalue weighted by Crippen LogP contribution is 2.38. The van der Waals surface area contributed by atoms with Gasteiger partial charge in [-0.2, -0.15) is 4.98 Å². The Labute approximate surface area is 128 Å². The molecule has 0 atom stereocenters. The summed E-state index contributed by atoms with van der Waals surface area (Å²) in [5.41, 5.74) is 1.81. The van der Waals surface area contributed by atoms with Gasteiger partial charge in [0.1, 0.15) is 0 Å². The maximum atomic E-state index is 5.46. The third-order valence-electron chi connectivity index (χ3n) is 4.24. The zero-order valence-electron chi connectivity index (χ0n) is 12.4. The van der Waals surface area contributed by atoms with Crippen LogP contribution in [0.1, 0.15) is 48.7 Å². The van der Waals surface area contributed by atoms with Gasteiger partial charge in [0.25, 0.3) is 0 Å². The first-order chi connectivity index (χ1) is 10.3. The summed E-state index contributed by atoms with van der Waals surface area (Å²) in [5, 5.41) is 4.25. The van der Waals surface area contributed by atoms with Crippen molar-refractivity contribution in [2.75, 3.05) is 13.7 Å². The summed E-state index contributed by atoms with van der Waals surface area (Å²) >= 11 is 1.66. The largest absolute Gasteiger partial charge is 0.384 e. The van der Waals surface area contributed by atoms with Crippen molar-refractivity contribution >= 4 is 11.3 Å². The molecular weight excluding hydrogens is 286 g/mol. The molecule has 114 valence electrons. The van der Waals surface area contributed by atoms with Crippen LogP contribution in [-0.4, -0.2) is 28.8 Å². The van der Waals surface area contributed by atoms with Crippen molar-refractivity contribution in [3.8, 4) is 0 Å². The Hall–Kier alpha value is -1.27. The van der Waals surface area contributed by atoms with Gasteiger partial charge in [-0.25, -0.2) is 0 Å². The number of methoxy groups -OCH3 is 1. The van der Waals surface area contributed by atoms with Gasteiger partial charge in [-0.15, -0.1) is 11.3 Å². The second-order valence-corrected chi connectivity index (χ2v) is 6.72. The van der Waals surface area contributed by atoms with Crippen molar-refractivity contribution in [2.45, 2.75) is 50.4 Å². The van der Waals surface area contributed by atoms with Crippen LogP contribution in [0.15, 0.2) is 16.2 Å². The molecule has 0 saturated heterocycles. The second kappa shape index (κ2) is 6.66. The van der Waals surface area contributed by atoms with Crippen molar-refractivity contribution in [3.63, 3.8) is 0 Å². The third kappa shape index (κ3) is 3.32. The Bertz CT molecular complexity index is 542. The fourth-order valence-electron chi connectivity index (χ4n) is 3.10. The van der Waals surface area contributed by atoms with E-state index in [9.17, 15) is 0 Å². The number of hydrogen-bond donors (Lipinski definition) is 0. The van der Waals surface area contributed by atoms with E-state index in [2.05, 4.69) is 15.1 Å². The van der Waals surface area contributed by atoms with Crippen molar-refractivity contribution in [2.24, 2.45) is 0 Å². The Morgan fingerprint density at radius 2 is 2.14 bits per heavy atom. The van der Waals surface area contributed by atoms with E-state index in [1.165, 1.54) is 24.1 Å². The van der Waals surface area contributed by atoms with E-state index in [1.807, 2.05) is 11.7 Å². The molecule has 0 unspecified atom stereocenters. The maximum Gasteiger partial charge on any atom is 0.227 e. The Morgan fingerprint density at radius 1 is 1.29 bits per heavy atom. The van der Waals surface area contributed by atoms with Gasteiger partial charge in [-0.05, 0) is 19.3 Å². The third-order valence-corrected chi connectivity index (χ3v) is 5.08. The SMILES string of the molecule is COCC1(c2noc(CCc3cncs3)n2)CCCCC1. The highest BCUT2D eigenvalue weighted by Gasteiger charge is 2.38. The summed E-state index contributed by atoms with van der Waals surface area (Å²) in [6.45, 7) is 0.681. The lowest BCUT2D eigenvalue weighted by molar-refractivity contribution is 0.0961. The van der Waals surface area contributed by atoms with E-state index >= 15 is 0 Å². The molecule has 0 aromatic carbocycles. The lowest BCUT2D eigenvalue weighted by Gasteiger charge is -2.33. The van der Waals surface area contributed by atoms with Gasteiger partial charge in [0.15, 0.2) is 5.82 Å². The van der Waals surface area contributed by atoms with Crippen LogP contribution < -0.4 is 0 Å². The zero-order chi connectivity index (χ0) is 14.5. The molecule has 1 saturated carbocycles. The average Bonchev–Trinajstić information content (AvgIpc) is 3.18. The van der Waals surface area contributed by atoms with Crippen LogP contribution in [0.5, 0.6) is 0 Å². The smallest absolute Gasteiger partial charge is 0.227 e. The lowest BCUT2D eigenvalue weighted by Crippen LogP contribution is -2.35. The van der Waals surface area contributed by atoms with Crippen LogP contribution >= 0.6 is 11.3 Å². The van der Waals surface area contributed by atoms with Crippen molar-refractivity contribution in [1.29, 1.82) is 0 Å². The van der Waals surface area contributed by atoms with Crippen LogP contribution in [0.2, 0.25) is 0 Å². The standard InChI is InChI=1S/C15H21N3O2S/c1-19-10-15(7-3-2-4-8-15)14-17-13(20-18-14)6-5-12-9-16-11-21-12/h9,11H,2-8,10H2,1H3. The van der Waals surface area contributed by atoms with Crippen LogP contribution in [0, 0.1) is 0 Å². The topological polar surface area (TPSA) is 61.0 Å².